The first-order valence-electron chi connectivity index (χ1n) is 27.2. The van der Waals surface area contributed by atoms with E-state index in [1.54, 1.807) is 23.5 Å². The number of thiazole rings is 3. The number of unbranched alkanes of at least 4 members (excludes halogenated alkanes) is 4. The zero-order valence-electron chi connectivity index (χ0n) is 45.7. The minimum Gasteiger partial charge on any atom is -0.491 e. The number of hydrogen-bond donors (Lipinski definition) is 5. The Morgan fingerprint density at radius 3 is 2.49 bits per heavy atom. The van der Waals surface area contributed by atoms with Gasteiger partial charge in [0, 0.05) is 61.4 Å². The monoisotopic (exact) mass is 1150 g/mol. The molecule has 0 saturated carbocycles. The number of amides is 4. The van der Waals surface area contributed by atoms with Crippen molar-refractivity contribution < 1.29 is 43.3 Å². The van der Waals surface area contributed by atoms with Gasteiger partial charge in [-0.3, -0.25) is 24.5 Å². The number of carboxylic acid groups (broad SMARTS) is 1. The topological polar surface area (TPSA) is 216 Å². The fourth-order valence-electron chi connectivity index (χ4n) is 10.00. The first-order valence-corrected chi connectivity index (χ1v) is 29.7. The highest BCUT2D eigenvalue weighted by Gasteiger charge is 2.44. The van der Waals surface area contributed by atoms with Gasteiger partial charge in [-0.1, -0.05) is 105 Å². The Morgan fingerprint density at radius 1 is 0.938 bits per heavy atom. The molecule has 3 aromatic heterocycles. The largest absolute Gasteiger partial charge is 0.491 e. The molecule has 0 radical (unpaired) electrons. The van der Waals surface area contributed by atoms with E-state index in [2.05, 4.69) is 42.7 Å². The number of aromatic nitrogens is 3. The second-order valence-electron chi connectivity index (χ2n) is 21.4. The zero-order chi connectivity index (χ0) is 57.2. The molecule has 20 heteroatoms. The van der Waals surface area contributed by atoms with Crippen LogP contribution in [-0.4, -0.2) is 97.5 Å². The number of anilines is 2. The lowest BCUT2D eigenvalue weighted by Crippen LogP contribution is -2.57. The molecule has 4 aromatic carbocycles. The fraction of sp³-hybridized carbons (Fsp3) is 0.377. The second kappa shape index (κ2) is 26.3. The van der Waals surface area contributed by atoms with Gasteiger partial charge in [-0.15, -0.1) is 22.7 Å². The summed E-state index contributed by atoms with van der Waals surface area (Å²) >= 11 is 4.28. The van der Waals surface area contributed by atoms with Crippen LogP contribution in [0.3, 0.4) is 0 Å². The van der Waals surface area contributed by atoms with Gasteiger partial charge in [0.25, 0.3) is 5.91 Å². The van der Waals surface area contributed by atoms with E-state index in [0.29, 0.717) is 71.5 Å². The number of aliphatic hydroxyl groups excluding tert-OH is 1. The van der Waals surface area contributed by atoms with E-state index in [-0.39, 0.29) is 61.7 Å². The molecule has 0 unspecified atom stereocenters. The van der Waals surface area contributed by atoms with Crippen LogP contribution in [0.25, 0.3) is 20.7 Å². The van der Waals surface area contributed by atoms with Crippen molar-refractivity contribution in [3.63, 3.8) is 0 Å². The molecule has 81 heavy (non-hydrogen) atoms. The second-order valence-corrected chi connectivity index (χ2v) is 24.3. The van der Waals surface area contributed by atoms with Crippen LogP contribution in [0.15, 0.2) is 90.4 Å². The number of likely N-dealkylation sites (tertiary alicyclic amines) is 1. The number of aromatic carboxylic acids is 1. The number of halogens is 1. The van der Waals surface area contributed by atoms with E-state index in [9.17, 15) is 34.2 Å². The van der Waals surface area contributed by atoms with E-state index in [0.717, 1.165) is 62.3 Å². The molecular weight excluding hydrogens is 1090 g/mol. The Kier molecular flexibility index (Phi) is 18.9. The average Bonchev–Trinajstić information content (AvgIpc) is 4.51. The Bertz CT molecular complexity index is 3460. The molecule has 4 amide bonds. The van der Waals surface area contributed by atoms with Crippen LogP contribution in [0.5, 0.6) is 5.75 Å². The van der Waals surface area contributed by atoms with Crippen LogP contribution in [-0.2, 0) is 40.3 Å². The number of β-amino-alcohol motifs (C(OH)–C–C–N with tert-alkyl or cyclic N) is 1. The van der Waals surface area contributed by atoms with E-state index in [1.165, 1.54) is 39.7 Å². The lowest BCUT2D eigenvalue weighted by atomic mass is 9.85. The molecule has 5 N–H and O–H groups in total. The lowest BCUT2D eigenvalue weighted by molar-refractivity contribution is -0.144. The van der Waals surface area contributed by atoms with Gasteiger partial charge in [-0.05, 0) is 103 Å². The highest BCUT2D eigenvalue weighted by Crippen LogP contribution is 2.35. The van der Waals surface area contributed by atoms with Crippen molar-refractivity contribution >= 4 is 84.1 Å². The molecule has 2 aliphatic rings. The van der Waals surface area contributed by atoms with Crippen LogP contribution in [0, 0.1) is 30.0 Å². The molecule has 1 saturated heterocycles. The highest BCUT2D eigenvalue weighted by molar-refractivity contribution is 7.22. The Morgan fingerprint density at radius 2 is 1.74 bits per heavy atom. The van der Waals surface area contributed by atoms with Crippen molar-refractivity contribution in [1.29, 1.82) is 0 Å². The van der Waals surface area contributed by atoms with E-state index >= 15 is 4.39 Å². The molecule has 0 bridgehead atoms. The highest BCUT2D eigenvalue weighted by atomic mass is 32.1. The number of carbonyl (C=O) groups is 5. The molecule has 1 fully saturated rings. The third kappa shape index (κ3) is 14.7. The van der Waals surface area contributed by atoms with Gasteiger partial charge in [-0.2, -0.15) is 0 Å². The van der Waals surface area contributed by atoms with Crippen molar-refractivity contribution in [2.45, 2.75) is 123 Å². The number of para-hydroxylation sites is 1. The summed E-state index contributed by atoms with van der Waals surface area (Å²) in [5.41, 5.74) is 7.76. The summed E-state index contributed by atoms with van der Waals surface area (Å²) in [5.74, 6) is 3.20. The van der Waals surface area contributed by atoms with Gasteiger partial charge in [0.1, 0.15) is 12.1 Å². The molecule has 0 aliphatic carbocycles. The summed E-state index contributed by atoms with van der Waals surface area (Å²) in [7, 11) is 0. The van der Waals surface area contributed by atoms with Crippen LogP contribution in [0.1, 0.15) is 126 Å². The Balaban J connectivity index is 0.680. The zero-order valence-corrected chi connectivity index (χ0v) is 48.1. The first kappa shape index (κ1) is 58.1. The van der Waals surface area contributed by atoms with Gasteiger partial charge in [0.05, 0.1) is 39.0 Å². The molecule has 0 spiro atoms. The predicted octanol–water partition coefficient (Wildman–Crippen LogP) is 10.3. The number of benzene rings is 4. The normalized spacial score (nSPS) is 15.4. The molecule has 422 valence electrons. The first-order chi connectivity index (χ1) is 39.0. The van der Waals surface area contributed by atoms with Gasteiger partial charge in [-0.25, -0.2) is 24.1 Å². The number of fused-ring (bicyclic) bond motifs is 2. The summed E-state index contributed by atoms with van der Waals surface area (Å²) < 4.78 is 21.9. The van der Waals surface area contributed by atoms with E-state index in [4.69, 9.17) is 4.74 Å². The van der Waals surface area contributed by atoms with Gasteiger partial charge in [0.2, 0.25) is 17.7 Å². The maximum absolute atomic E-state index is 15.2. The molecular formula is C61H65FN8O8S3. The number of nitrogens with zero attached hydrogens (tertiary/aromatic N) is 5. The molecule has 5 heterocycles. The summed E-state index contributed by atoms with van der Waals surface area (Å²) in [6.07, 6.45) is 4.44. The summed E-state index contributed by atoms with van der Waals surface area (Å²) in [6.45, 7) is 8.92. The fourth-order valence-corrected chi connectivity index (χ4v) is 12.8. The van der Waals surface area contributed by atoms with Crippen LogP contribution in [0.2, 0.25) is 0 Å². The number of rotatable bonds is 21. The van der Waals surface area contributed by atoms with Crippen LogP contribution in [0.4, 0.5) is 14.7 Å². The SMILES string of the molecule is Cc1ncsc1-c1ccc(CNC(=O)[C@@H]2C[C@@H](O)CN2C(=O)[C@@H](NC(=O)CCCCCCC#Cc2ccc(OCCCc3sc(N4CCc5cccc(C(=O)Nc6nc7ccccc7s6)c5C4)nc3C(=O)O)c(F)c2)C(C)(C)C)cc1. The number of aryl methyl sites for hydroxylation is 2. The van der Waals surface area contributed by atoms with Gasteiger partial charge >= 0.3 is 5.97 Å². The minimum atomic E-state index is -1.14. The Hall–Kier alpha value is -7.57. The van der Waals surface area contributed by atoms with E-state index < -0.39 is 41.3 Å². The van der Waals surface area contributed by atoms with Crippen LogP contribution < -0.4 is 25.6 Å². The number of nitrogens with one attached hydrogen (secondary N) is 3. The number of aliphatic hydroxyl groups is 1. The third-order valence-corrected chi connectivity index (χ3v) is 17.4. The summed E-state index contributed by atoms with van der Waals surface area (Å²) in [6, 6.07) is 24.0. The van der Waals surface area contributed by atoms with Crippen molar-refractivity contribution in [2.75, 3.05) is 29.9 Å². The molecule has 16 nitrogen and oxygen atoms in total. The number of ether oxygens (including phenoxy) is 1. The molecule has 2 aliphatic heterocycles. The maximum Gasteiger partial charge on any atom is 0.355 e. The third-order valence-electron chi connectivity index (χ3n) is 14.3. The standard InChI is InChI=1S/C61H65FN8O8S3/c1-37-53(79-36-64-37)41-25-22-39(23-26-41)33-63-56(74)47-32-42(71)34-70(47)57(75)54(61(2,3)4)66-51(72)21-10-8-6-5-7-9-15-38-24-27-48(45(62)31-38)78-30-14-20-50-52(58(76)77)67-60(81-50)69-29-28-40-16-13-17-43(44(40)35-69)55(73)68-59-65-46-18-11-12-19-49(46)80-59/h11-13,16-19,22-27,31,36,42,47,54,71H,5-8,10,14,20-21,28-30,32-35H2,1-4H3,(H,63,74)(H,66,72)(H,76,77)(H,65,68,73)/t42-,47+,54-/m1/s1. The predicted molar refractivity (Wildman–Crippen MR) is 314 cm³/mol. The minimum absolute atomic E-state index is 0.00496. The maximum atomic E-state index is 15.2. The Labute approximate surface area is 482 Å². The smallest absolute Gasteiger partial charge is 0.355 e. The van der Waals surface area contributed by atoms with Gasteiger partial charge in [0.15, 0.2) is 27.5 Å². The molecule has 7 aromatic rings. The number of carboxylic acids is 1. The van der Waals surface area contributed by atoms with Gasteiger partial charge < -0.3 is 35.4 Å². The number of carbonyl (C=O) groups excluding carboxylic acids is 4. The van der Waals surface area contributed by atoms with Crippen LogP contribution >= 0.6 is 34.0 Å². The molecule has 3 atom stereocenters. The van der Waals surface area contributed by atoms with E-state index in [1.807, 2.05) is 98.8 Å². The lowest BCUT2D eigenvalue weighted by Gasteiger charge is -2.35. The van der Waals surface area contributed by atoms with Crippen molar-refractivity contribution in [3.05, 3.63) is 140 Å². The average molecular weight is 1150 g/mol. The number of hydrogen-bond acceptors (Lipinski definition) is 14. The van der Waals surface area contributed by atoms with Crippen molar-refractivity contribution in [2.24, 2.45) is 5.41 Å². The summed E-state index contributed by atoms with van der Waals surface area (Å²) in [5, 5.41) is 30.6. The van der Waals surface area contributed by atoms with Crippen molar-refractivity contribution in [1.82, 2.24) is 30.5 Å². The van der Waals surface area contributed by atoms with Crippen molar-refractivity contribution in [3.8, 4) is 28.0 Å². The summed E-state index contributed by atoms with van der Waals surface area (Å²) in [4.78, 5) is 85.1. The quantitative estimate of drug-likeness (QED) is 0.0336. The molecule has 9 rings (SSSR count).